The molecule has 2 amide bonds. The Hall–Kier alpha value is -7.54. The van der Waals surface area contributed by atoms with Crippen LogP contribution in [-0.4, -0.2) is 178 Å². The molecular weight excluding hydrogens is 1030 g/mol. The zero-order valence-corrected chi connectivity index (χ0v) is 45.8. The van der Waals surface area contributed by atoms with Crippen LogP contribution < -0.4 is 21.3 Å². The number of anilines is 6. The number of hydrogen-bond acceptors (Lipinski definition) is 18. The first-order valence-corrected chi connectivity index (χ1v) is 26.6. The summed E-state index contributed by atoms with van der Waals surface area (Å²) in [4.78, 5) is 61.1. The number of carbonyl (C=O) groups is 2. The number of carbonyl (C=O) groups excluding carboxylic acids is 2. The van der Waals surface area contributed by atoms with Crippen LogP contribution in [0.15, 0.2) is 97.6 Å². The monoisotopic (exact) mass is 1090 g/mol. The van der Waals surface area contributed by atoms with Crippen LogP contribution in [-0.2, 0) is 31.9 Å². The minimum Gasteiger partial charge on any atom is -0.387 e. The van der Waals surface area contributed by atoms with Gasteiger partial charge < -0.3 is 50.8 Å². The first-order chi connectivity index (χ1) is 38.7. The molecule has 0 saturated carbocycles. The summed E-state index contributed by atoms with van der Waals surface area (Å²) in [7, 11) is 7.36. The maximum Gasteiger partial charge on any atom is 0.244 e. The van der Waals surface area contributed by atoms with E-state index in [0.29, 0.717) is 71.3 Å². The molecule has 2 saturated heterocycles. The number of fused-ring (bicyclic) bond motifs is 2. The van der Waals surface area contributed by atoms with Gasteiger partial charge in [-0.1, -0.05) is 36.4 Å². The van der Waals surface area contributed by atoms with Crippen molar-refractivity contribution >= 4 is 57.6 Å². The molecule has 0 spiro atoms. The molecule has 6 aromatic rings. The highest BCUT2D eigenvalue weighted by Crippen LogP contribution is 2.39. The summed E-state index contributed by atoms with van der Waals surface area (Å²) < 4.78 is 40.8. The van der Waals surface area contributed by atoms with E-state index in [4.69, 9.17) is 9.47 Å². The van der Waals surface area contributed by atoms with E-state index in [2.05, 4.69) is 84.9 Å². The zero-order valence-electron chi connectivity index (χ0n) is 45.8. The summed E-state index contributed by atoms with van der Waals surface area (Å²) in [5, 5.41) is 31.6. The van der Waals surface area contributed by atoms with Crippen LogP contribution in [0.1, 0.15) is 71.1 Å². The van der Waals surface area contributed by atoms with Crippen molar-refractivity contribution in [2.24, 2.45) is 0 Å². The van der Waals surface area contributed by atoms with Crippen molar-refractivity contribution in [3.8, 4) is 0 Å². The van der Waals surface area contributed by atoms with E-state index < -0.39 is 35.9 Å². The lowest BCUT2D eigenvalue weighted by atomic mass is 10.0. The number of benzene rings is 2. The fourth-order valence-electron chi connectivity index (χ4n) is 10.1. The molecule has 6 N–H and O–H groups in total. The van der Waals surface area contributed by atoms with Gasteiger partial charge in [0.1, 0.15) is 23.5 Å². The number of methoxy groups -OCH3 is 2. The third kappa shape index (κ3) is 13.5. The fourth-order valence-corrected chi connectivity index (χ4v) is 10.1. The Morgan fingerprint density at radius 2 is 0.975 bits per heavy atom. The maximum absolute atomic E-state index is 15.0. The van der Waals surface area contributed by atoms with E-state index in [1.165, 1.54) is 0 Å². The summed E-state index contributed by atoms with van der Waals surface area (Å²) in [5.41, 5.74) is 8.76. The number of allylic oxidation sites excluding steroid dienone is 2. The summed E-state index contributed by atoms with van der Waals surface area (Å²) in [6.07, 6.45) is 8.94. The molecule has 10 rings (SSSR count). The third-order valence-electron chi connectivity index (χ3n) is 14.6. The quantitative estimate of drug-likeness (QED) is 0.0580. The van der Waals surface area contributed by atoms with Gasteiger partial charge in [0.25, 0.3) is 0 Å². The predicted octanol–water partition coefficient (Wildman–Crippen LogP) is 5.99. The Bertz CT molecular complexity index is 2990. The van der Waals surface area contributed by atoms with Gasteiger partial charge in [-0.15, -0.1) is 0 Å². The van der Waals surface area contributed by atoms with Crippen LogP contribution in [0.25, 0.3) is 11.1 Å². The van der Waals surface area contributed by atoms with Gasteiger partial charge in [-0.3, -0.25) is 29.4 Å². The van der Waals surface area contributed by atoms with Crippen molar-refractivity contribution in [2.45, 2.75) is 51.0 Å². The molecule has 2 aromatic carbocycles. The number of likely N-dealkylation sites (N-methyl/N-ethyl adjacent to an activating group) is 2. The van der Waals surface area contributed by atoms with Crippen LogP contribution in [0.3, 0.4) is 0 Å². The van der Waals surface area contributed by atoms with Crippen LogP contribution in [0, 0.1) is 11.6 Å². The highest BCUT2D eigenvalue weighted by atomic mass is 19.1. The normalized spacial score (nSPS) is 17.2. The second kappa shape index (κ2) is 26.2. The highest BCUT2D eigenvalue weighted by molar-refractivity contribution is 5.99. The molecule has 420 valence electrons. The lowest BCUT2D eigenvalue weighted by Crippen LogP contribution is -2.54. The summed E-state index contributed by atoms with van der Waals surface area (Å²) in [6.45, 7) is 10.6. The van der Waals surface area contributed by atoms with Crippen molar-refractivity contribution in [1.29, 1.82) is 0 Å². The smallest absolute Gasteiger partial charge is 0.244 e. The van der Waals surface area contributed by atoms with E-state index in [0.717, 1.165) is 87.0 Å². The number of halogens is 2. The summed E-state index contributed by atoms with van der Waals surface area (Å²) >= 11 is 0. The first-order valence-electron chi connectivity index (χ1n) is 26.6. The number of aromatic nitrogens is 6. The summed E-state index contributed by atoms with van der Waals surface area (Å²) in [6, 6.07) is 17.3. The largest absolute Gasteiger partial charge is 0.387 e. The highest BCUT2D eigenvalue weighted by Gasteiger charge is 2.32. The molecule has 4 aliphatic rings. The molecule has 22 heteroatoms. The molecule has 80 heavy (non-hydrogen) atoms. The van der Waals surface area contributed by atoms with E-state index >= 15 is 8.78 Å². The molecule has 0 unspecified atom stereocenters. The van der Waals surface area contributed by atoms with Gasteiger partial charge in [0.05, 0.1) is 73.0 Å². The standard InChI is InChI=1S/2C29H34FN7O3/c2*1-18(38)24-10-7-19(15-31-24)33-29-32-16-23(30)27(35-29)22-9-8-21-20(22)5-4-6-25(21)34-28(39)26(17-40-3)37-13-11-36(2)12-14-37/h2*4-7,9-10,15-16,18,26,38H,8,11-14,17H2,1-3H3,(H,34,39)(H,32,33,35)/t2*18-,26-/m11/s1. The fraction of sp³-hybridized carbons (Fsp3) is 0.379. The topological polar surface area (TPSA) is 231 Å². The van der Waals surface area contributed by atoms with Crippen molar-refractivity contribution in [3.05, 3.63) is 154 Å². The Labute approximate surface area is 464 Å². The lowest BCUT2D eigenvalue weighted by Gasteiger charge is -2.36. The molecule has 4 aromatic heterocycles. The molecule has 2 fully saturated rings. The number of rotatable bonds is 18. The molecule has 0 bridgehead atoms. The van der Waals surface area contributed by atoms with Gasteiger partial charge in [-0.05, 0) is 99.4 Å². The van der Waals surface area contributed by atoms with Gasteiger partial charge >= 0.3 is 0 Å². The van der Waals surface area contributed by atoms with Crippen molar-refractivity contribution in [2.75, 3.05) is 115 Å². The van der Waals surface area contributed by atoms with Gasteiger partial charge in [-0.25, -0.2) is 28.7 Å². The SMILES string of the molecule is COC[C@H](C(=O)Nc1cccc2c1CC=C2c1nc(Nc2ccc([C@@H](C)O)nc2)ncc1F)N1CCN(C)CC1.COC[C@H](C(=O)Nc1cccc2c1CC=C2c1nc(Nc2ccc([C@@H](C)O)nc2)ncc1F)N1CCN(C)CC1. The Kier molecular flexibility index (Phi) is 18.7. The first kappa shape index (κ1) is 57.2. The van der Waals surface area contributed by atoms with Gasteiger partial charge in [0.2, 0.25) is 23.7 Å². The van der Waals surface area contributed by atoms with E-state index in [9.17, 15) is 19.8 Å². The second-order valence-electron chi connectivity index (χ2n) is 20.2. The van der Waals surface area contributed by atoms with Gasteiger partial charge in [0.15, 0.2) is 11.6 Å². The van der Waals surface area contributed by atoms with Crippen LogP contribution in [0.4, 0.5) is 43.4 Å². The van der Waals surface area contributed by atoms with E-state index in [1.54, 1.807) is 64.7 Å². The molecular formula is C58H68F2N14O6. The molecule has 2 aliphatic heterocycles. The molecule has 6 heterocycles. The third-order valence-corrected chi connectivity index (χ3v) is 14.6. The Morgan fingerprint density at radius 1 is 0.575 bits per heavy atom. The van der Waals surface area contributed by atoms with Crippen LogP contribution in [0.5, 0.6) is 0 Å². The number of aliphatic hydroxyl groups excluding tert-OH is 2. The zero-order chi connectivity index (χ0) is 56.5. The number of ether oxygens (including phenoxy) is 2. The van der Waals surface area contributed by atoms with Crippen molar-refractivity contribution in [1.82, 2.24) is 49.5 Å². The maximum atomic E-state index is 15.0. The number of aliphatic hydroxyl groups is 2. The minimum atomic E-state index is -0.676. The summed E-state index contributed by atoms with van der Waals surface area (Å²) in [5.74, 6) is -0.895. The number of pyridine rings is 2. The molecule has 2 aliphatic carbocycles. The Morgan fingerprint density at radius 3 is 1.32 bits per heavy atom. The number of nitrogens with one attached hydrogen (secondary N) is 4. The van der Waals surface area contributed by atoms with E-state index in [-0.39, 0.29) is 35.1 Å². The van der Waals surface area contributed by atoms with Crippen LogP contribution in [0.2, 0.25) is 0 Å². The number of amides is 2. The lowest BCUT2D eigenvalue weighted by molar-refractivity contribution is -0.124. The van der Waals surface area contributed by atoms with E-state index in [1.807, 2.05) is 48.6 Å². The van der Waals surface area contributed by atoms with Crippen LogP contribution >= 0.6 is 0 Å². The predicted molar refractivity (Wildman–Crippen MR) is 301 cm³/mol. The van der Waals surface area contributed by atoms with Gasteiger partial charge in [0, 0.05) is 89.1 Å². The second-order valence-corrected chi connectivity index (χ2v) is 20.2. The number of hydrogen-bond donors (Lipinski definition) is 6. The molecule has 0 radical (unpaired) electrons. The van der Waals surface area contributed by atoms with Crippen molar-refractivity contribution < 1.29 is 38.1 Å². The number of piperazine rings is 2. The Balaban J connectivity index is 0.000000194. The van der Waals surface area contributed by atoms with Crippen molar-refractivity contribution in [3.63, 3.8) is 0 Å². The molecule has 20 nitrogen and oxygen atoms in total. The average Bonchev–Trinajstić information content (AvgIpc) is 4.18. The average molecular weight is 1100 g/mol. The number of nitrogens with zero attached hydrogens (tertiary/aromatic N) is 10. The molecule has 4 atom stereocenters. The minimum absolute atomic E-state index is 0.122. The van der Waals surface area contributed by atoms with Gasteiger partial charge in [-0.2, -0.15) is 0 Å².